The summed E-state index contributed by atoms with van der Waals surface area (Å²) in [5, 5.41) is 5.32. The molecule has 0 unspecified atom stereocenters. The second-order valence-corrected chi connectivity index (χ2v) is 8.59. The first kappa shape index (κ1) is 19.0. The highest BCUT2D eigenvalue weighted by Gasteiger charge is 2.34. The molecule has 0 radical (unpaired) electrons. The number of hydrogen-bond acceptors (Lipinski definition) is 6. The number of amides is 1. The average molecular weight is 392 g/mol. The van der Waals surface area contributed by atoms with Gasteiger partial charge in [-0.05, 0) is 49.8 Å². The molecule has 1 heterocycles. The van der Waals surface area contributed by atoms with Gasteiger partial charge in [0.05, 0.1) is 6.67 Å². The van der Waals surface area contributed by atoms with Crippen molar-refractivity contribution in [2.24, 2.45) is 0 Å². The third kappa shape index (κ3) is 4.49. The normalized spacial score (nSPS) is 13.9. The highest BCUT2D eigenvalue weighted by molar-refractivity contribution is 7.73. The summed E-state index contributed by atoms with van der Waals surface area (Å²) in [6, 6.07) is 8.82. The Morgan fingerprint density at radius 3 is 2.46 bits per heavy atom. The predicted octanol–water partition coefficient (Wildman–Crippen LogP) is 3.34. The standard InChI is InChI=1S/C18H25N5OS2/c1-13(24)23(16-9-10-16)17-19-22(18(25)26-17)12-21(4)11-14-5-7-15(8-6-14)20(2)3/h5-8,16H,9-12H2,1-4H3. The van der Waals surface area contributed by atoms with Crippen molar-refractivity contribution in [2.45, 2.75) is 39.0 Å². The van der Waals surface area contributed by atoms with E-state index in [9.17, 15) is 4.79 Å². The van der Waals surface area contributed by atoms with Gasteiger partial charge in [-0.2, -0.15) is 0 Å². The molecule has 0 spiro atoms. The van der Waals surface area contributed by atoms with Crippen LogP contribution in [0.25, 0.3) is 0 Å². The van der Waals surface area contributed by atoms with Gasteiger partial charge in [0, 0.05) is 39.3 Å². The molecule has 0 saturated heterocycles. The molecule has 8 heteroatoms. The highest BCUT2D eigenvalue weighted by Crippen LogP contribution is 2.33. The molecule has 0 atom stereocenters. The fourth-order valence-electron chi connectivity index (χ4n) is 2.85. The van der Waals surface area contributed by atoms with Crippen LogP contribution in [-0.2, 0) is 18.0 Å². The van der Waals surface area contributed by atoms with Crippen LogP contribution in [0.5, 0.6) is 0 Å². The highest BCUT2D eigenvalue weighted by atomic mass is 32.1. The van der Waals surface area contributed by atoms with E-state index in [-0.39, 0.29) is 5.91 Å². The Bertz CT molecular complexity index is 823. The van der Waals surface area contributed by atoms with E-state index in [1.54, 1.807) is 11.8 Å². The lowest BCUT2D eigenvalue weighted by Crippen LogP contribution is -2.31. The SMILES string of the molecule is CC(=O)N(c1nn(CN(C)Cc2ccc(N(C)C)cc2)c(=S)s1)C1CC1. The summed E-state index contributed by atoms with van der Waals surface area (Å²) in [5.74, 6) is 0.0396. The molecule has 1 aliphatic carbocycles. The van der Waals surface area contributed by atoms with Crippen molar-refractivity contribution in [1.82, 2.24) is 14.7 Å². The third-order valence-electron chi connectivity index (χ3n) is 4.33. The summed E-state index contributed by atoms with van der Waals surface area (Å²) in [7, 11) is 6.12. The van der Waals surface area contributed by atoms with Crippen LogP contribution in [0.1, 0.15) is 25.3 Å². The molecule has 0 bridgehead atoms. The summed E-state index contributed by atoms with van der Waals surface area (Å²) in [6.07, 6.45) is 2.10. The quantitative estimate of drug-likeness (QED) is 0.678. The van der Waals surface area contributed by atoms with Crippen molar-refractivity contribution in [1.29, 1.82) is 0 Å². The maximum atomic E-state index is 11.9. The molecule has 1 aromatic heterocycles. The number of anilines is 2. The minimum atomic E-state index is 0.0396. The van der Waals surface area contributed by atoms with E-state index in [1.165, 1.54) is 22.6 Å². The average Bonchev–Trinajstić information content (AvgIpc) is 3.32. The summed E-state index contributed by atoms with van der Waals surface area (Å²) in [4.78, 5) is 18.0. The Morgan fingerprint density at radius 2 is 1.92 bits per heavy atom. The van der Waals surface area contributed by atoms with Crippen molar-refractivity contribution in [3.8, 4) is 0 Å². The van der Waals surface area contributed by atoms with Crippen LogP contribution in [0.4, 0.5) is 10.8 Å². The van der Waals surface area contributed by atoms with Crippen LogP contribution in [-0.4, -0.2) is 47.8 Å². The second-order valence-electron chi connectivity index (χ2n) is 6.99. The van der Waals surface area contributed by atoms with Gasteiger partial charge in [0.1, 0.15) is 0 Å². The molecule has 0 aliphatic heterocycles. The Labute approximate surface area is 163 Å². The third-order valence-corrected chi connectivity index (χ3v) is 5.64. The maximum absolute atomic E-state index is 11.9. The van der Waals surface area contributed by atoms with Crippen LogP contribution >= 0.6 is 23.6 Å². The Balaban J connectivity index is 1.66. The van der Waals surface area contributed by atoms with Gasteiger partial charge in [-0.1, -0.05) is 23.5 Å². The van der Waals surface area contributed by atoms with E-state index in [0.29, 0.717) is 21.8 Å². The zero-order valence-corrected chi connectivity index (χ0v) is 17.3. The van der Waals surface area contributed by atoms with Gasteiger partial charge in [-0.3, -0.25) is 14.6 Å². The first-order valence-corrected chi connectivity index (χ1v) is 9.90. The topological polar surface area (TPSA) is 44.6 Å². The van der Waals surface area contributed by atoms with Crippen molar-refractivity contribution >= 4 is 40.3 Å². The molecular weight excluding hydrogens is 366 g/mol. The number of nitrogens with zero attached hydrogens (tertiary/aromatic N) is 5. The van der Waals surface area contributed by atoms with Gasteiger partial charge in [0.25, 0.3) is 0 Å². The molecule has 26 heavy (non-hydrogen) atoms. The lowest BCUT2D eigenvalue weighted by molar-refractivity contribution is -0.116. The van der Waals surface area contributed by atoms with Gasteiger partial charge in [0.15, 0.2) is 3.95 Å². The Kier molecular flexibility index (Phi) is 5.74. The second kappa shape index (κ2) is 7.85. The van der Waals surface area contributed by atoms with Crippen molar-refractivity contribution in [2.75, 3.05) is 30.9 Å². The Hall–Kier alpha value is -1.77. The molecule has 0 N–H and O–H groups in total. The largest absolute Gasteiger partial charge is 0.378 e. The molecule has 1 amide bonds. The molecule has 1 aliphatic rings. The van der Waals surface area contributed by atoms with E-state index in [1.807, 2.05) is 25.8 Å². The van der Waals surface area contributed by atoms with Gasteiger partial charge >= 0.3 is 0 Å². The van der Waals surface area contributed by atoms with Gasteiger partial charge < -0.3 is 4.90 Å². The molecule has 1 fully saturated rings. The maximum Gasteiger partial charge on any atom is 0.225 e. The number of rotatable bonds is 7. The van der Waals surface area contributed by atoms with E-state index in [0.717, 1.165) is 19.4 Å². The van der Waals surface area contributed by atoms with Crippen LogP contribution in [0.3, 0.4) is 0 Å². The first-order chi connectivity index (χ1) is 12.3. The van der Waals surface area contributed by atoms with E-state index >= 15 is 0 Å². The summed E-state index contributed by atoms with van der Waals surface area (Å²) in [5.41, 5.74) is 2.43. The monoisotopic (exact) mass is 391 g/mol. The molecule has 140 valence electrons. The first-order valence-electron chi connectivity index (χ1n) is 8.67. The van der Waals surface area contributed by atoms with E-state index in [2.05, 4.69) is 39.2 Å². The van der Waals surface area contributed by atoms with E-state index in [4.69, 9.17) is 12.2 Å². The summed E-state index contributed by atoms with van der Waals surface area (Å²) < 4.78 is 2.50. The lowest BCUT2D eigenvalue weighted by Gasteiger charge is -2.18. The number of carbonyl (C=O) groups is 1. The molecule has 1 saturated carbocycles. The molecule has 3 rings (SSSR count). The Morgan fingerprint density at radius 1 is 1.27 bits per heavy atom. The number of benzene rings is 1. The predicted molar refractivity (Wildman–Crippen MR) is 109 cm³/mol. The molecule has 2 aromatic rings. The van der Waals surface area contributed by atoms with Crippen LogP contribution in [0, 0.1) is 3.95 Å². The fourth-order valence-corrected chi connectivity index (χ4v) is 4.05. The van der Waals surface area contributed by atoms with Crippen LogP contribution in [0.2, 0.25) is 0 Å². The minimum absolute atomic E-state index is 0.0396. The lowest BCUT2D eigenvalue weighted by atomic mass is 10.2. The zero-order chi connectivity index (χ0) is 18.8. The van der Waals surface area contributed by atoms with Gasteiger partial charge in [-0.25, -0.2) is 4.68 Å². The summed E-state index contributed by atoms with van der Waals surface area (Å²) >= 11 is 6.88. The van der Waals surface area contributed by atoms with Crippen molar-refractivity contribution in [3.63, 3.8) is 0 Å². The fraction of sp³-hybridized carbons (Fsp3) is 0.500. The van der Waals surface area contributed by atoms with Gasteiger partial charge in [0.2, 0.25) is 11.0 Å². The van der Waals surface area contributed by atoms with Crippen molar-refractivity contribution < 1.29 is 4.79 Å². The number of hydrogen-bond donors (Lipinski definition) is 0. The number of aromatic nitrogens is 2. The molecule has 1 aromatic carbocycles. The zero-order valence-electron chi connectivity index (χ0n) is 15.7. The smallest absolute Gasteiger partial charge is 0.225 e. The number of carbonyl (C=O) groups excluding carboxylic acids is 1. The van der Waals surface area contributed by atoms with Crippen LogP contribution in [0.15, 0.2) is 24.3 Å². The molecule has 6 nitrogen and oxygen atoms in total. The van der Waals surface area contributed by atoms with E-state index < -0.39 is 0 Å². The van der Waals surface area contributed by atoms with Crippen LogP contribution < -0.4 is 9.80 Å². The van der Waals surface area contributed by atoms with Gasteiger partial charge in [-0.15, -0.1) is 5.10 Å². The van der Waals surface area contributed by atoms with Crippen molar-refractivity contribution in [3.05, 3.63) is 33.8 Å². The summed E-state index contributed by atoms with van der Waals surface area (Å²) in [6.45, 7) is 3.00. The molecular formula is C18H25N5OS2. The minimum Gasteiger partial charge on any atom is -0.378 e.